The SMILES string of the molecule is CC(C)c1cnc2cnn(C)c2n1. The first kappa shape index (κ1) is 8.16. The van der Waals surface area contributed by atoms with Crippen LogP contribution in [0.25, 0.3) is 11.2 Å². The molecule has 0 aromatic carbocycles. The number of hydrogen-bond donors (Lipinski definition) is 0. The van der Waals surface area contributed by atoms with Crippen LogP contribution in [0.3, 0.4) is 0 Å². The van der Waals surface area contributed by atoms with Gasteiger partial charge in [-0.1, -0.05) is 13.8 Å². The van der Waals surface area contributed by atoms with E-state index in [9.17, 15) is 0 Å². The van der Waals surface area contributed by atoms with E-state index in [1.165, 1.54) is 0 Å². The third-order valence-corrected chi connectivity index (χ3v) is 2.05. The van der Waals surface area contributed by atoms with Gasteiger partial charge in [-0.05, 0) is 5.92 Å². The molecule has 13 heavy (non-hydrogen) atoms. The zero-order valence-corrected chi connectivity index (χ0v) is 8.02. The molecule has 0 saturated carbocycles. The molecule has 0 amide bonds. The number of hydrogen-bond acceptors (Lipinski definition) is 3. The Balaban J connectivity index is 2.66. The summed E-state index contributed by atoms with van der Waals surface area (Å²) < 4.78 is 1.74. The fourth-order valence-corrected chi connectivity index (χ4v) is 1.21. The molecule has 0 aliphatic carbocycles. The Morgan fingerprint density at radius 3 is 2.77 bits per heavy atom. The normalized spacial score (nSPS) is 11.4. The van der Waals surface area contributed by atoms with E-state index in [0.29, 0.717) is 5.92 Å². The van der Waals surface area contributed by atoms with Crippen LogP contribution in [0.15, 0.2) is 12.4 Å². The summed E-state index contributed by atoms with van der Waals surface area (Å²) in [6.07, 6.45) is 3.54. The molecule has 0 atom stereocenters. The molecule has 0 aliphatic heterocycles. The van der Waals surface area contributed by atoms with Gasteiger partial charge in [0, 0.05) is 13.2 Å². The van der Waals surface area contributed by atoms with Crippen molar-refractivity contribution in [1.29, 1.82) is 0 Å². The van der Waals surface area contributed by atoms with Gasteiger partial charge in [0.1, 0.15) is 5.52 Å². The van der Waals surface area contributed by atoms with Gasteiger partial charge in [0.2, 0.25) is 0 Å². The van der Waals surface area contributed by atoms with E-state index in [1.54, 1.807) is 10.9 Å². The summed E-state index contributed by atoms with van der Waals surface area (Å²) in [5, 5.41) is 4.09. The van der Waals surface area contributed by atoms with Gasteiger partial charge in [-0.25, -0.2) is 14.6 Å². The summed E-state index contributed by atoms with van der Waals surface area (Å²) in [4.78, 5) is 8.75. The van der Waals surface area contributed by atoms with E-state index in [2.05, 4.69) is 28.9 Å². The summed E-state index contributed by atoms with van der Waals surface area (Å²) in [5.74, 6) is 0.409. The highest BCUT2D eigenvalue weighted by atomic mass is 15.3. The van der Waals surface area contributed by atoms with Crippen LogP contribution in [0.2, 0.25) is 0 Å². The summed E-state index contributed by atoms with van der Waals surface area (Å²) in [6.45, 7) is 4.21. The maximum Gasteiger partial charge on any atom is 0.176 e. The van der Waals surface area contributed by atoms with E-state index in [-0.39, 0.29) is 0 Å². The molecule has 0 spiro atoms. The third-order valence-electron chi connectivity index (χ3n) is 2.05. The Kier molecular flexibility index (Phi) is 1.76. The lowest BCUT2D eigenvalue weighted by atomic mass is 10.1. The van der Waals surface area contributed by atoms with Crippen molar-refractivity contribution in [2.45, 2.75) is 19.8 Å². The van der Waals surface area contributed by atoms with Gasteiger partial charge >= 0.3 is 0 Å². The molecule has 0 N–H and O–H groups in total. The maximum absolute atomic E-state index is 4.47. The van der Waals surface area contributed by atoms with Crippen LogP contribution in [0.5, 0.6) is 0 Å². The Bertz CT molecular complexity index is 430. The minimum Gasteiger partial charge on any atom is -0.249 e. The molecule has 0 saturated heterocycles. The quantitative estimate of drug-likeness (QED) is 0.661. The van der Waals surface area contributed by atoms with E-state index < -0.39 is 0 Å². The van der Waals surface area contributed by atoms with Gasteiger partial charge in [-0.15, -0.1) is 0 Å². The van der Waals surface area contributed by atoms with Gasteiger partial charge in [0.15, 0.2) is 5.65 Å². The lowest BCUT2D eigenvalue weighted by Crippen LogP contribution is -1.98. The Labute approximate surface area is 76.6 Å². The first-order chi connectivity index (χ1) is 6.18. The molecule has 4 nitrogen and oxygen atoms in total. The number of aromatic nitrogens is 4. The number of rotatable bonds is 1. The molecule has 2 aromatic rings. The molecule has 2 aromatic heterocycles. The molecule has 68 valence electrons. The topological polar surface area (TPSA) is 43.6 Å². The van der Waals surface area contributed by atoms with Crippen LogP contribution in [0, 0.1) is 0 Å². The molecule has 0 aliphatic rings. The predicted molar refractivity (Wildman–Crippen MR) is 50.4 cm³/mol. The highest BCUT2D eigenvalue weighted by Gasteiger charge is 2.06. The molecule has 4 heteroatoms. The van der Waals surface area contributed by atoms with Crippen LogP contribution in [0.4, 0.5) is 0 Å². The van der Waals surface area contributed by atoms with Crippen LogP contribution < -0.4 is 0 Å². The van der Waals surface area contributed by atoms with Crippen LogP contribution >= 0.6 is 0 Å². The fourth-order valence-electron chi connectivity index (χ4n) is 1.21. The van der Waals surface area contributed by atoms with Crippen LogP contribution in [0.1, 0.15) is 25.5 Å². The zero-order chi connectivity index (χ0) is 9.42. The summed E-state index contributed by atoms with van der Waals surface area (Å²) in [5.41, 5.74) is 2.72. The smallest absolute Gasteiger partial charge is 0.176 e. The molecule has 0 bridgehead atoms. The molecule has 0 fully saturated rings. The van der Waals surface area contributed by atoms with E-state index in [0.717, 1.165) is 16.9 Å². The first-order valence-corrected chi connectivity index (χ1v) is 4.33. The predicted octanol–water partition coefficient (Wildman–Crippen LogP) is 1.49. The van der Waals surface area contributed by atoms with Crippen LogP contribution in [-0.2, 0) is 7.05 Å². The molecule has 0 radical (unpaired) electrons. The second-order valence-electron chi connectivity index (χ2n) is 3.43. The van der Waals surface area contributed by atoms with Gasteiger partial charge in [0.05, 0.1) is 11.9 Å². The highest BCUT2D eigenvalue weighted by Crippen LogP contribution is 2.13. The van der Waals surface area contributed by atoms with Crippen molar-refractivity contribution in [1.82, 2.24) is 19.7 Å². The van der Waals surface area contributed by atoms with Gasteiger partial charge in [0.25, 0.3) is 0 Å². The largest absolute Gasteiger partial charge is 0.249 e. The standard InChI is InChI=1S/C9H12N4/c1-6(2)7-4-10-8-5-11-13(3)9(8)12-7/h4-6H,1-3H3. The molecule has 2 heterocycles. The Morgan fingerprint density at radius 2 is 2.08 bits per heavy atom. The molecule has 0 unspecified atom stereocenters. The van der Waals surface area contributed by atoms with Gasteiger partial charge in [-0.2, -0.15) is 5.10 Å². The van der Waals surface area contributed by atoms with E-state index in [1.807, 2.05) is 13.2 Å². The van der Waals surface area contributed by atoms with Crippen molar-refractivity contribution in [3.05, 3.63) is 18.1 Å². The lowest BCUT2D eigenvalue weighted by molar-refractivity contribution is 0.768. The van der Waals surface area contributed by atoms with Crippen molar-refractivity contribution in [3.8, 4) is 0 Å². The minimum atomic E-state index is 0.409. The minimum absolute atomic E-state index is 0.409. The average Bonchev–Trinajstić information content (AvgIpc) is 2.47. The fraction of sp³-hybridized carbons (Fsp3) is 0.444. The number of nitrogens with zero attached hydrogens (tertiary/aromatic N) is 4. The molecular formula is C9H12N4. The third kappa shape index (κ3) is 1.28. The van der Waals surface area contributed by atoms with Gasteiger partial charge < -0.3 is 0 Å². The summed E-state index contributed by atoms with van der Waals surface area (Å²) >= 11 is 0. The van der Waals surface area contributed by atoms with E-state index in [4.69, 9.17) is 0 Å². The van der Waals surface area contributed by atoms with E-state index >= 15 is 0 Å². The highest BCUT2D eigenvalue weighted by molar-refractivity contribution is 5.68. The zero-order valence-electron chi connectivity index (χ0n) is 8.02. The van der Waals surface area contributed by atoms with Gasteiger partial charge in [-0.3, -0.25) is 0 Å². The number of fused-ring (bicyclic) bond motifs is 1. The van der Waals surface area contributed by atoms with Crippen molar-refractivity contribution in [2.24, 2.45) is 7.05 Å². The first-order valence-electron chi connectivity index (χ1n) is 4.33. The Hall–Kier alpha value is -1.45. The van der Waals surface area contributed by atoms with Crippen molar-refractivity contribution < 1.29 is 0 Å². The number of aryl methyl sites for hydroxylation is 1. The molecular weight excluding hydrogens is 164 g/mol. The van der Waals surface area contributed by atoms with Crippen LogP contribution in [-0.4, -0.2) is 19.7 Å². The summed E-state index contributed by atoms with van der Waals surface area (Å²) in [7, 11) is 1.88. The second-order valence-corrected chi connectivity index (χ2v) is 3.43. The second kappa shape index (κ2) is 2.80. The Morgan fingerprint density at radius 1 is 1.31 bits per heavy atom. The van der Waals surface area contributed by atoms with Crippen molar-refractivity contribution in [3.63, 3.8) is 0 Å². The molecule has 2 rings (SSSR count). The summed E-state index contributed by atoms with van der Waals surface area (Å²) in [6, 6.07) is 0. The monoisotopic (exact) mass is 176 g/mol. The lowest BCUT2D eigenvalue weighted by Gasteiger charge is -2.02. The van der Waals surface area contributed by atoms with Crippen molar-refractivity contribution in [2.75, 3.05) is 0 Å². The van der Waals surface area contributed by atoms with Crippen molar-refractivity contribution >= 4 is 11.2 Å². The maximum atomic E-state index is 4.47. The average molecular weight is 176 g/mol.